The molecule has 0 aromatic heterocycles. The van der Waals surface area contributed by atoms with E-state index in [1.54, 1.807) is 0 Å². The molecule has 0 fully saturated rings. The van der Waals surface area contributed by atoms with Crippen molar-refractivity contribution in [3.05, 3.63) is 34.9 Å². The lowest BCUT2D eigenvalue weighted by atomic mass is 9.98. The molecule has 0 saturated carbocycles. The molecule has 1 aromatic rings. The van der Waals surface area contributed by atoms with Crippen LogP contribution in [-0.2, 0) is 22.7 Å². The highest BCUT2D eigenvalue weighted by Gasteiger charge is 2.14. The number of carbonyl (C=O) groups excluding carboxylic acids is 1. The van der Waals surface area contributed by atoms with Crippen molar-refractivity contribution < 1.29 is 9.53 Å². The van der Waals surface area contributed by atoms with Crippen LogP contribution in [0, 0.1) is 0 Å². The highest BCUT2D eigenvalue weighted by atomic mass is 16.5. The fraction of sp³-hybridized carbons (Fsp3) is 0.417. The van der Waals surface area contributed by atoms with Gasteiger partial charge in [-0.1, -0.05) is 18.2 Å². The molecule has 0 bridgehead atoms. The van der Waals surface area contributed by atoms with Crippen molar-refractivity contribution in [3.8, 4) is 0 Å². The maximum absolute atomic E-state index is 10.7. The fourth-order valence-electron chi connectivity index (χ4n) is 1.89. The Kier molecular flexibility index (Phi) is 3.22. The average molecular weight is 220 g/mol. The van der Waals surface area contributed by atoms with E-state index in [9.17, 15) is 4.79 Å². The molecular formula is C12H16N2O2. The van der Waals surface area contributed by atoms with Crippen molar-refractivity contribution in [3.63, 3.8) is 0 Å². The molecule has 1 heterocycles. The van der Waals surface area contributed by atoms with Crippen LogP contribution in [0.5, 0.6) is 0 Å². The van der Waals surface area contributed by atoms with Crippen LogP contribution in [-0.4, -0.2) is 5.91 Å². The zero-order valence-corrected chi connectivity index (χ0v) is 9.11. The molecule has 1 aromatic carbocycles. The Morgan fingerprint density at radius 2 is 2.12 bits per heavy atom. The van der Waals surface area contributed by atoms with E-state index in [1.807, 2.05) is 12.1 Å². The zero-order chi connectivity index (χ0) is 11.5. The van der Waals surface area contributed by atoms with Gasteiger partial charge in [-0.15, -0.1) is 0 Å². The number of rotatable bonds is 4. The van der Waals surface area contributed by atoms with E-state index in [1.165, 1.54) is 11.1 Å². The van der Waals surface area contributed by atoms with Crippen molar-refractivity contribution >= 4 is 5.91 Å². The smallest absolute Gasteiger partial charge is 0.217 e. The van der Waals surface area contributed by atoms with Gasteiger partial charge < -0.3 is 16.2 Å². The van der Waals surface area contributed by atoms with E-state index in [-0.39, 0.29) is 11.9 Å². The van der Waals surface area contributed by atoms with E-state index in [0.29, 0.717) is 26.1 Å². The summed E-state index contributed by atoms with van der Waals surface area (Å²) < 4.78 is 5.33. The molecule has 0 aliphatic carbocycles. The number of hydrogen-bond acceptors (Lipinski definition) is 3. The van der Waals surface area contributed by atoms with E-state index < -0.39 is 0 Å². The van der Waals surface area contributed by atoms with Crippen molar-refractivity contribution in [1.82, 2.24) is 0 Å². The van der Waals surface area contributed by atoms with Crippen LogP contribution >= 0.6 is 0 Å². The van der Waals surface area contributed by atoms with Gasteiger partial charge in [0.1, 0.15) is 0 Å². The molecule has 1 aliphatic heterocycles. The molecule has 0 spiro atoms. The molecule has 16 heavy (non-hydrogen) atoms. The summed E-state index contributed by atoms with van der Waals surface area (Å²) in [6.07, 6.45) is 0.920. The first-order valence-corrected chi connectivity index (χ1v) is 5.40. The summed E-state index contributed by atoms with van der Waals surface area (Å²) in [5.74, 6) is -0.306. The summed E-state index contributed by atoms with van der Waals surface area (Å²) in [6.45, 7) is 1.35. The lowest BCUT2D eigenvalue weighted by molar-refractivity contribution is -0.118. The predicted octanol–water partition coefficient (Wildman–Crippen LogP) is 0.982. The molecule has 4 nitrogen and oxygen atoms in total. The molecule has 1 aliphatic rings. The molecular weight excluding hydrogens is 204 g/mol. The number of ether oxygens (including phenoxy) is 1. The highest BCUT2D eigenvalue weighted by Crippen LogP contribution is 2.24. The van der Waals surface area contributed by atoms with Crippen molar-refractivity contribution in [2.24, 2.45) is 11.5 Å². The van der Waals surface area contributed by atoms with Crippen molar-refractivity contribution in [1.29, 1.82) is 0 Å². The third kappa shape index (κ3) is 2.40. The standard InChI is InChI=1S/C12H16N2O2/c13-11(3-4-12(14)15)8-1-2-9-6-16-7-10(9)5-8/h1-2,5,11H,3-4,6-7,13H2,(H2,14,15). The molecule has 1 atom stereocenters. The normalized spacial score (nSPS) is 15.8. The second-order valence-corrected chi connectivity index (χ2v) is 4.13. The lowest BCUT2D eigenvalue weighted by Crippen LogP contribution is -2.16. The van der Waals surface area contributed by atoms with Crippen LogP contribution in [0.2, 0.25) is 0 Å². The number of primary amides is 1. The zero-order valence-electron chi connectivity index (χ0n) is 9.11. The molecule has 4 heteroatoms. The Morgan fingerprint density at radius 1 is 1.38 bits per heavy atom. The van der Waals surface area contributed by atoms with Crippen LogP contribution in [0.15, 0.2) is 18.2 Å². The summed E-state index contributed by atoms with van der Waals surface area (Å²) in [5, 5.41) is 0. The van der Waals surface area contributed by atoms with E-state index in [0.717, 1.165) is 5.56 Å². The van der Waals surface area contributed by atoms with Gasteiger partial charge in [0.05, 0.1) is 13.2 Å². The van der Waals surface area contributed by atoms with Gasteiger partial charge in [-0.05, 0) is 23.1 Å². The molecule has 0 radical (unpaired) electrons. The van der Waals surface area contributed by atoms with Crippen LogP contribution < -0.4 is 11.5 Å². The van der Waals surface area contributed by atoms with Crippen molar-refractivity contribution in [2.45, 2.75) is 32.1 Å². The van der Waals surface area contributed by atoms with Gasteiger partial charge in [0.2, 0.25) is 5.91 Å². The second kappa shape index (κ2) is 4.63. The maximum atomic E-state index is 10.7. The minimum absolute atomic E-state index is 0.126. The van der Waals surface area contributed by atoms with Crippen LogP contribution in [0.1, 0.15) is 35.6 Å². The molecule has 1 unspecified atom stereocenters. The van der Waals surface area contributed by atoms with E-state index in [4.69, 9.17) is 16.2 Å². The summed E-state index contributed by atoms with van der Waals surface area (Å²) in [7, 11) is 0. The van der Waals surface area contributed by atoms with Gasteiger partial charge in [0.15, 0.2) is 0 Å². The van der Waals surface area contributed by atoms with Gasteiger partial charge in [-0.3, -0.25) is 4.79 Å². The molecule has 0 saturated heterocycles. The highest BCUT2D eigenvalue weighted by molar-refractivity contribution is 5.73. The largest absolute Gasteiger partial charge is 0.372 e. The average Bonchev–Trinajstić information content (AvgIpc) is 2.72. The lowest BCUT2D eigenvalue weighted by Gasteiger charge is -2.12. The number of hydrogen-bond donors (Lipinski definition) is 2. The third-order valence-corrected chi connectivity index (χ3v) is 2.88. The first-order chi connectivity index (χ1) is 7.66. The number of carbonyl (C=O) groups is 1. The van der Waals surface area contributed by atoms with Gasteiger partial charge in [-0.25, -0.2) is 0 Å². The van der Waals surface area contributed by atoms with Gasteiger partial charge in [0.25, 0.3) is 0 Å². The summed E-state index contributed by atoms with van der Waals surface area (Å²) in [6, 6.07) is 5.98. The summed E-state index contributed by atoms with van der Waals surface area (Å²) >= 11 is 0. The van der Waals surface area contributed by atoms with Crippen LogP contribution in [0.25, 0.3) is 0 Å². The molecule has 4 N–H and O–H groups in total. The van der Waals surface area contributed by atoms with Crippen LogP contribution in [0.4, 0.5) is 0 Å². The number of fused-ring (bicyclic) bond motifs is 1. The Hall–Kier alpha value is -1.39. The van der Waals surface area contributed by atoms with Gasteiger partial charge in [-0.2, -0.15) is 0 Å². The monoisotopic (exact) mass is 220 g/mol. The van der Waals surface area contributed by atoms with Crippen molar-refractivity contribution in [2.75, 3.05) is 0 Å². The quantitative estimate of drug-likeness (QED) is 0.794. The summed E-state index contributed by atoms with van der Waals surface area (Å²) in [5.41, 5.74) is 14.6. The number of nitrogens with two attached hydrogens (primary N) is 2. The Labute approximate surface area is 94.6 Å². The van der Waals surface area contributed by atoms with Gasteiger partial charge in [0, 0.05) is 12.5 Å². The minimum atomic E-state index is -0.306. The molecule has 2 rings (SSSR count). The molecule has 1 amide bonds. The second-order valence-electron chi connectivity index (χ2n) is 4.13. The Balaban J connectivity index is 2.06. The first-order valence-electron chi connectivity index (χ1n) is 5.40. The predicted molar refractivity (Wildman–Crippen MR) is 60.3 cm³/mol. The minimum Gasteiger partial charge on any atom is -0.372 e. The fourth-order valence-corrected chi connectivity index (χ4v) is 1.89. The van der Waals surface area contributed by atoms with E-state index in [2.05, 4.69) is 6.07 Å². The van der Waals surface area contributed by atoms with E-state index >= 15 is 0 Å². The number of amides is 1. The Morgan fingerprint density at radius 3 is 2.88 bits per heavy atom. The third-order valence-electron chi connectivity index (χ3n) is 2.88. The number of benzene rings is 1. The topological polar surface area (TPSA) is 78.3 Å². The SMILES string of the molecule is NC(=O)CCC(N)c1ccc2c(c1)COC2. The molecule has 86 valence electrons. The Bertz CT molecular complexity index is 404. The maximum Gasteiger partial charge on any atom is 0.217 e. The summed E-state index contributed by atoms with van der Waals surface area (Å²) in [4.78, 5) is 10.7. The van der Waals surface area contributed by atoms with Crippen LogP contribution in [0.3, 0.4) is 0 Å². The van der Waals surface area contributed by atoms with Gasteiger partial charge >= 0.3 is 0 Å². The first kappa shape index (κ1) is 11.1.